The van der Waals surface area contributed by atoms with E-state index in [2.05, 4.69) is 15.5 Å². The van der Waals surface area contributed by atoms with Crippen molar-refractivity contribution in [3.63, 3.8) is 0 Å². The Morgan fingerprint density at radius 1 is 1.36 bits per heavy atom. The van der Waals surface area contributed by atoms with Gasteiger partial charge in [0.25, 0.3) is 0 Å². The second-order valence-corrected chi connectivity index (χ2v) is 6.81. The first-order chi connectivity index (χ1) is 12.2. The number of ether oxygens (including phenoxy) is 2. The molecule has 1 heterocycles. The van der Waals surface area contributed by atoms with Gasteiger partial charge in [0.1, 0.15) is 5.01 Å². The zero-order chi connectivity index (χ0) is 17.6. The Labute approximate surface area is 150 Å². The standard InChI is InChI=1S/C18H21N3O3S/c1-3-10-24-14-8-4-12(11-15(14)23-2)5-9-16(22)19-18-21-20-17(25-18)13-6-7-13/h4-5,8-9,11,13H,3,6-7,10H2,1-2H3,(H,19,21,22). The number of carbonyl (C=O) groups excluding carboxylic acids is 1. The molecule has 1 aliphatic carbocycles. The molecular weight excluding hydrogens is 338 g/mol. The van der Waals surface area contributed by atoms with Crippen molar-refractivity contribution in [3.8, 4) is 11.5 Å². The molecule has 1 aromatic heterocycles. The molecule has 25 heavy (non-hydrogen) atoms. The van der Waals surface area contributed by atoms with Gasteiger partial charge in [0.15, 0.2) is 11.5 Å². The first-order valence-electron chi connectivity index (χ1n) is 8.33. The van der Waals surface area contributed by atoms with Gasteiger partial charge in [-0.05, 0) is 43.0 Å². The van der Waals surface area contributed by atoms with Crippen LogP contribution < -0.4 is 14.8 Å². The van der Waals surface area contributed by atoms with Crippen molar-refractivity contribution < 1.29 is 14.3 Å². The molecule has 0 atom stereocenters. The molecule has 7 heteroatoms. The monoisotopic (exact) mass is 359 g/mol. The number of amides is 1. The van der Waals surface area contributed by atoms with Crippen LogP contribution in [0, 0.1) is 0 Å². The van der Waals surface area contributed by atoms with Crippen LogP contribution in [-0.2, 0) is 4.79 Å². The van der Waals surface area contributed by atoms with E-state index in [1.54, 1.807) is 13.2 Å². The molecule has 0 radical (unpaired) electrons. The Hall–Kier alpha value is -2.41. The second kappa shape index (κ2) is 8.11. The van der Waals surface area contributed by atoms with Crippen molar-refractivity contribution >= 4 is 28.5 Å². The van der Waals surface area contributed by atoms with Crippen LogP contribution in [0.15, 0.2) is 24.3 Å². The van der Waals surface area contributed by atoms with Gasteiger partial charge in [-0.3, -0.25) is 10.1 Å². The first kappa shape index (κ1) is 17.4. The number of nitrogens with one attached hydrogen (secondary N) is 1. The van der Waals surface area contributed by atoms with E-state index in [0.717, 1.165) is 17.0 Å². The van der Waals surface area contributed by atoms with E-state index in [4.69, 9.17) is 9.47 Å². The predicted molar refractivity (Wildman–Crippen MR) is 98.3 cm³/mol. The largest absolute Gasteiger partial charge is 0.493 e. The van der Waals surface area contributed by atoms with Gasteiger partial charge in [0.2, 0.25) is 11.0 Å². The molecule has 1 amide bonds. The van der Waals surface area contributed by atoms with Gasteiger partial charge in [-0.15, -0.1) is 10.2 Å². The molecule has 0 spiro atoms. The highest BCUT2D eigenvalue weighted by Crippen LogP contribution is 2.42. The molecule has 3 rings (SSSR count). The first-order valence-corrected chi connectivity index (χ1v) is 9.14. The summed E-state index contributed by atoms with van der Waals surface area (Å²) in [6.45, 7) is 2.69. The molecule has 132 valence electrons. The molecule has 1 saturated carbocycles. The number of carbonyl (C=O) groups is 1. The van der Waals surface area contributed by atoms with Crippen LogP contribution in [0.1, 0.15) is 42.7 Å². The average Bonchev–Trinajstić information content (AvgIpc) is 3.38. The van der Waals surface area contributed by atoms with E-state index in [1.807, 2.05) is 25.1 Å². The fourth-order valence-electron chi connectivity index (χ4n) is 2.22. The lowest BCUT2D eigenvalue weighted by Gasteiger charge is -2.10. The van der Waals surface area contributed by atoms with Gasteiger partial charge in [0, 0.05) is 12.0 Å². The van der Waals surface area contributed by atoms with E-state index in [9.17, 15) is 4.79 Å². The normalized spacial score (nSPS) is 13.8. The SMILES string of the molecule is CCCOc1ccc(C=CC(=O)Nc2nnc(C3CC3)s2)cc1OC. The molecule has 0 aliphatic heterocycles. The zero-order valence-electron chi connectivity index (χ0n) is 14.3. The van der Waals surface area contributed by atoms with Crippen LogP contribution in [0.2, 0.25) is 0 Å². The molecule has 1 aliphatic rings. The van der Waals surface area contributed by atoms with E-state index in [-0.39, 0.29) is 5.91 Å². The van der Waals surface area contributed by atoms with Crippen LogP contribution in [0.3, 0.4) is 0 Å². The summed E-state index contributed by atoms with van der Waals surface area (Å²) >= 11 is 1.44. The van der Waals surface area contributed by atoms with Gasteiger partial charge in [-0.1, -0.05) is 24.3 Å². The Morgan fingerprint density at radius 3 is 2.92 bits per heavy atom. The van der Waals surface area contributed by atoms with Crippen molar-refractivity contribution in [2.24, 2.45) is 0 Å². The molecule has 1 N–H and O–H groups in total. The number of rotatable bonds is 8. The third kappa shape index (κ3) is 4.79. The topological polar surface area (TPSA) is 73.3 Å². The lowest BCUT2D eigenvalue weighted by atomic mass is 10.2. The summed E-state index contributed by atoms with van der Waals surface area (Å²) in [4.78, 5) is 12.0. The summed E-state index contributed by atoms with van der Waals surface area (Å²) < 4.78 is 11.0. The van der Waals surface area contributed by atoms with Gasteiger partial charge in [0.05, 0.1) is 13.7 Å². The minimum absolute atomic E-state index is 0.233. The Morgan fingerprint density at radius 2 is 2.20 bits per heavy atom. The van der Waals surface area contributed by atoms with Crippen LogP contribution in [0.25, 0.3) is 6.08 Å². The number of methoxy groups -OCH3 is 1. The fraction of sp³-hybridized carbons (Fsp3) is 0.389. The van der Waals surface area contributed by atoms with Crippen molar-refractivity contribution in [3.05, 3.63) is 34.8 Å². The van der Waals surface area contributed by atoms with Crippen LogP contribution in [0.5, 0.6) is 11.5 Å². The highest BCUT2D eigenvalue weighted by atomic mass is 32.1. The van der Waals surface area contributed by atoms with E-state index >= 15 is 0 Å². The van der Waals surface area contributed by atoms with E-state index < -0.39 is 0 Å². The number of benzene rings is 1. The van der Waals surface area contributed by atoms with E-state index in [1.165, 1.54) is 30.3 Å². The molecule has 1 aromatic carbocycles. The van der Waals surface area contributed by atoms with Gasteiger partial charge >= 0.3 is 0 Å². The molecule has 0 saturated heterocycles. The highest BCUT2D eigenvalue weighted by molar-refractivity contribution is 7.15. The summed E-state index contributed by atoms with van der Waals surface area (Å²) in [6, 6.07) is 5.57. The molecule has 0 bridgehead atoms. The zero-order valence-corrected chi connectivity index (χ0v) is 15.1. The van der Waals surface area contributed by atoms with Gasteiger partial charge < -0.3 is 9.47 Å². The van der Waals surface area contributed by atoms with Crippen molar-refractivity contribution in [2.45, 2.75) is 32.1 Å². The summed E-state index contributed by atoms with van der Waals surface area (Å²) in [6.07, 6.45) is 6.47. The Balaban J connectivity index is 1.60. The fourth-order valence-corrected chi connectivity index (χ4v) is 3.13. The Kier molecular flexibility index (Phi) is 5.65. The lowest BCUT2D eigenvalue weighted by Crippen LogP contribution is -2.07. The molecular formula is C18H21N3O3S. The van der Waals surface area contributed by atoms with E-state index in [0.29, 0.717) is 29.2 Å². The summed E-state index contributed by atoms with van der Waals surface area (Å²) in [7, 11) is 1.60. The van der Waals surface area contributed by atoms with Crippen molar-refractivity contribution in [1.29, 1.82) is 0 Å². The maximum absolute atomic E-state index is 12.0. The quantitative estimate of drug-likeness (QED) is 0.725. The summed E-state index contributed by atoms with van der Waals surface area (Å²) in [5, 5.41) is 12.4. The van der Waals surface area contributed by atoms with Crippen LogP contribution in [0.4, 0.5) is 5.13 Å². The summed E-state index contributed by atoms with van der Waals surface area (Å²) in [5.74, 6) is 1.66. The highest BCUT2D eigenvalue weighted by Gasteiger charge is 2.27. The number of hydrogen-bond acceptors (Lipinski definition) is 6. The number of nitrogens with zero attached hydrogens (tertiary/aromatic N) is 2. The third-order valence-corrected chi connectivity index (χ3v) is 4.68. The van der Waals surface area contributed by atoms with Gasteiger partial charge in [-0.25, -0.2) is 0 Å². The predicted octanol–water partition coefficient (Wildman–Crippen LogP) is 3.86. The average molecular weight is 359 g/mol. The minimum Gasteiger partial charge on any atom is -0.493 e. The smallest absolute Gasteiger partial charge is 0.250 e. The molecule has 2 aromatic rings. The maximum Gasteiger partial charge on any atom is 0.250 e. The third-order valence-electron chi connectivity index (χ3n) is 3.67. The Bertz CT molecular complexity index is 769. The maximum atomic E-state index is 12.0. The van der Waals surface area contributed by atoms with Crippen molar-refractivity contribution in [1.82, 2.24) is 10.2 Å². The van der Waals surface area contributed by atoms with Crippen molar-refractivity contribution in [2.75, 3.05) is 19.0 Å². The van der Waals surface area contributed by atoms with Gasteiger partial charge in [-0.2, -0.15) is 0 Å². The van der Waals surface area contributed by atoms with Crippen LogP contribution >= 0.6 is 11.3 Å². The molecule has 1 fully saturated rings. The minimum atomic E-state index is -0.233. The number of aromatic nitrogens is 2. The number of anilines is 1. The summed E-state index contributed by atoms with van der Waals surface area (Å²) in [5.41, 5.74) is 0.854. The second-order valence-electron chi connectivity index (χ2n) is 5.80. The number of hydrogen-bond donors (Lipinski definition) is 1. The van der Waals surface area contributed by atoms with Crippen LogP contribution in [-0.4, -0.2) is 29.8 Å². The molecule has 0 unspecified atom stereocenters. The molecule has 6 nitrogen and oxygen atoms in total. The lowest BCUT2D eigenvalue weighted by molar-refractivity contribution is -0.111.